The van der Waals surface area contributed by atoms with Gasteiger partial charge in [-0.2, -0.15) is 11.8 Å². The molecule has 0 radical (unpaired) electrons. The molecule has 1 atom stereocenters. The number of ether oxygens (including phenoxy) is 2. The molecule has 0 saturated heterocycles. The predicted molar refractivity (Wildman–Crippen MR) is 98.7 cm³/mol. The number of hydrogen-bond acceptors (Lipinski definition) is 5. The molecule has 0 fully saturated rings. The number of carbonyl (C=O) groups is 2. The molecule has 1 aliphatic heterocycles. The van der Waals surface area contributed by atoms with Gasteiger partial charge in [0.25, 0.3) is 0 Å². The van der Waals surface area contributed by atoms with E-state index in [0.717, 1.165) is 22.8 Å². The topological polar surface area (TPSA) is 76.7 Å². The maximum absolute atomic E-state index is 12.5. The first-order chi connectivity index (χ1) is 12.1. The lowest BCUT2D eigenvalue weighted by Crippen LogP contribution is -2.45. The molecule has 0 saturated carbocycles. The van der Waals surface area contributed by atoms with Gasteiger partial charge in [0.15, 0.2) is 0 Å². The molecule has 1 aliphatic rings. The monoisotopic (exact) mass is 364 g/mol. The van der Waals surface area contributed by atoms with Crippen molar-refractivity contribution in [1.82, 2.24) is 10.6 Å². The molecule has 2 amide bonds. The summed E-state index contributed by atoms with van der Waals surface area (Å²) in [4.78, 5) is 24.4. The van der Waals surface area contributed by atoms with Crippen LogP contribution in [0.2, 0.25) is 0 Å². The van der Waals surface area contributed by atoms with Crippen LogP contribution in [0.25, 0.3) is 0 Å². The Bertz CT molecular complexity index is 643. The highest BCUT2D eigenvalue weighted by molar-refractivity contribution is 7.99. The first kappa shape index (κ1) is 19.2. The van der Waals surface area contributed by atoms with Crippen molar-refractivity contribution in [1.29, 1.82) is 0 Å². The molecule has 0 aromatic heterocycles. The Kier molecular flexibility index (Phi) is 7.18. The van der Waals surface area contributed by atoms with Gasteiger partial charge in [-0.15, -0.1) is 0 Å². The zero-order valence-electron chi connectivity index (χ0n) is 14.8. The normalized spacial score (nSPS) is 16.9. The van der Waals surface area contributed by atoms with Crippen LogP contribution in [0, 0.1) is 0 Å². The van der Waals surface area contributed by atoms with Crippen molar-refractivity contribution in [2.75, 3.05) is 24.7 Å². The van der Waals surface area contributed by atoms with Crippen LogP contribution < -0.4 is 15.4 Å². The lowest BCUT2D eigenvalue weighted by atomic mass is 9.95. The molecule has 0 bridgehead atoms. The Morgan fingerprint density at radius 2 is 1.96 bits per heavy atom. The summed E-state index contributed by atoms with van der Waals surface area (Å²) in [6.45, 7) is 6.60. The molecule has 2 N–H and O–H groups in total. The number of allylic oxidation sites excluding steroid dienone is 1. The van der Waals surface area contributed by atoms with Crippen molar-refractivity contribution in [3.8, 4) is 5.75 Å². The summed E-state index contributed by atoms with van der Waals surface area (Å²) in [7, 11) is 0. The third kappa shape index (κ3) is 5.16. The van der Waals surface area contributed by atoms with E-state index in [1.165, 1.54) is 0 Å². The third-order valence-corrected chi connectivity index (χ3v) is 4.54. The Morgan fingerprint density at radius 3 is 2.60 bits per heavy atom. The summed E-state index contributed by atoms with van der Waals surface area (Å²) in [5.41, 5.74) is 1.73. The van der Waals surface area contributed by atoms with Crippen LogP contribution in [-0.4, -0.2) is 36.7 Å². The van der Waals surface area contributed by atoms with E-state index < -0.39 is 12.0 Å². The number of benzene rings is 1. The molecule has 25 heavy (non-hydrogen) atoms. The summed E-state index contributed by atoms with van der Waals surface area (Å²) in [5, 5.41) is 5.43. The van der Waals surface area contributed by atoms with E-state index in [9.17, 15) is 9.59 Å². The molecule has 136 valence electrons. The van der Waals surface area contributed by atoms with Gasteiger partial charge in [0.2, 0.25) is 0 Å². The summed E-state index contributed by atoms with van der Waals surface area (Å²) in [5.74, 6) is 2.06. The average Bonchev–Trinajstić information content (AvgIpc) is 2.59. The van der Waals surface area contributed by atoms with Crippen LogP contribution in [0.5, 0.6) is 5.75 Å². The van der Waals surface area contributed by atoms with E-state index in [0.29, 0.717) is 24.5 Å². The molecule has 1 aromatic rings. The lowest BCUT2D eigenvalue weighted by Gasteiger charge is -2.28. The minimum Gasteiger partial charge on any atom is -0.494 e. The lowest BCUT2D eigenvalue weighted by molar-refractivity contribution is -0.138. The van der Waals surface area contributed by atoms with Gasteiger partial charge in [0.05, 0.1) is 18.2 Å². The Labute approximate surface area is 152 Å². The van der Waals surface area contributed by atoms with Crippen molar-refractivity contribution in [2.24, 2.45) is 0 Å². The zero-order valence-corrected chi connectivity index (χ0v) is 15.6. The molecule has 1 aromatic carbocycles. The molecule has 2 rings (SSSR count). The first-order valence-electron chi connectivity index (χ1n) is 8.32. The molecule has 0 spiro atoms. The van der Waals surface area contributed by atoms with E-state index in [2.05, 4.69) is 17.6 Å². The highest BCUT2D eigenvalue weighted by Gasteiger charge is 2.32. The van der Waals surface area contributed by atoms with Crippen LogP contribution in [0.15, 0.2) is 35.5 Å². The minimum atomic E-state index is -0.546. The Hall–Kier alpha value is -2.15. The van der Waals surface area contributed by atoms with Crippen LogP contribution in [-0.2, 0) is 9.53 Å². The fraction of sp³-hybridized carbons (Fsp3) is 0.444. The fourth-order valence-corrected chi connectivity index (χ4v) is 3.04. The highest BCUT2D eigenvalue weighted by Crippen LogP contribution is 2.28. The maximum atomic E-state index is 12.5. The van der Waals surface area contributed by atoms with E-state index in [4.69, 9.17) is 9.47 Å². The maximum Gasteiger partial charge on any atom is 0.338 e. The van der Waals surface area contributed by atoms with Crippen molar-refractivity contribution in [3.05, 3.63) is 41.1 Å². The van der Waals surface area contributed by atoms with Gasteiger partial charge >= 0.3 is 12.0 Å². The second-order valence-electron chi connectivity index (χ2n) is 5.41. The SMILES string of the molecule is CCOc1ccc(C2NC(=O)NC(C)=C2C(=O)OCCSCC)cc1. The fourth-order valence-electron chi connectivity index (χ4n) is 2.55. The molecule has 6 nitrogen and oxygen atoms in total. The van der Waals surface area contributed by atoms with Gasteiger partial charge in [-0.1, -0.05) is 19.1 Å². The summed E-state index contributed by atoms with van der Waals surface area (Å²) in [6.07, 6.45) is 0. The van der Waals surface area contributed by atoms with E-state index in [1.807, 2.05) is 31.2 Å². The summed E-state index contributed by atoms with van der Waals surface area (Å²) >= 11 is 1.71. The van der Waals surface area contributed by atoms with Gasteiger partial charge in [-0.25, -0.2) is 9.59 Å². The van der Waals surface area contributed by atoms with Crippen LogP contribution in [0.4, 0.5) is 4.79 Å². The Balaban J connectivity index is 2.19. The molecule has 1 heterocycles. The molecular formula is C18H24N2O4S. The van der Waals surface area contributed by atoms with Gasteiger partial charge in [-0.05, 0) is 37.3 Å². The Morgan fingerprint density at radius 1 is 1.24 bits per heavy atom. The molecule has 1 unspecified atom stereocenters. The number of esters is 1. The largest absolute Gasteiger partial charge is 0.494 e. The average molecular weight is 364 g/mol. The summed E-state index contributed by atoms with van der Waals surface area (Å²) < 4.78 is 10.8. The van der Waals surface area contributed by atoms with Crippen molar-refractivity contribution in [2.45, 2.75) is 26.8 Å². The van der Waals surface area contributed by atoms with Gasteiger partial charge in [0.1, 0.15) is 12.4 Å². The van der Waals surface area contributed by atoms with Gasteiger partial charge in [0, 0.05) is 11.4 Å². The van der Waals surface area contributed by atoms with Crippen LogP contribution >= 0.6 is 11.8 Å². The summed E-state index contributed by atoms with van der Waals surface area (Å²) in [6, 6.07) is 6.45. The number of urea groups is 1. The van der Waals surface area contributed by atoms with E-state index in [-0.39, 0.29) is 6.03 Å². The van der Waals surface area contributed by atoms with Gasteiger partial charge in [-0.3, -0.25) is 0 Å². The number of thioether (sulfide) groups is 1. The van der Waals surface area contributed by atoms with Gasteiger partial charge < -0.3 is 20.1 Å². The van der Waals surface area contributed by atoms with Crippen molar-refractivity contribution < 1.29 is 19.1 Å². The van der Waals surface area contributed by atoms with Crippen LogP contribution in [0.3, 0.4) is 0 Å². The quantitative estimate of drug-likeness (QED) is 0.548. The second kappa shape index (κ2) is 9.36. The molecular weight excluding hydrogens is 340 g/mol. The smallest absolute Gasteiger partial charge is 0.338 e. The highest BCUT2D eigenvalue weighted by atomic mass is 32.2. The minimum absolute atomic E-state index is 0.338. The van der Waals surface area contributed by atoms with Crippen molar-refractivity contribution in [3.63, 3.8) is 0 Å². The number of hydrogen-bond donors (Lipinski definition) is 2. The molecule has 0 aliphatic carbocycles. The number of amides is 2. The predicted octanol–water partition coefficient (Wildman–Crippen LogP) is 3.01. The number of nitrogens with one attached hydrogen (secondary N) is 2. The first-order valence-corrected chi connectivity index (χ1v) is 9.48. The number of rotatable bonds is 8. The van der Waals surface area contributed by atoms with Crippen LogP contribution in [0.1, 0.15) is 32.4 Å². The molecule has 7 heteroatoms. The third-order valence-electron chi connectivity index (χ3n) is 3.68. The van der Waals surface area contributed by atoms with E-state index >= 15 is 0 Å². The van der Waals surface area contributed by atoms with E-state index in [1.54, 1.807) is 18.7 Å². The second-order valence-corrected chi connectivity index (χ2v) is 6.80. The zero-order chi connectivity index (χ0) is 18.2. The number of carbonyl (C=O) groups excluding carboxylic acids is 2. The van der Waals surface area contributed by atoms with Crippen molar-refractivity contribution >= 4 is 23.8 Å². The standard InChI is InChI=1S/C18H24N2O4S/c1-4-23-14-8-6-13(7-9-14)16-15(12(3)19-18(22)20-16)17(21)24-10-11-25-5-2/h6-9,16H,4-5,10-11H2,1-3H3,(H2,19,20,22).